The van der Waals surface area contributed by atoms with Crippen molar-refractivity contribution in [3.8, 4) is 0 Å². The molecule has 0 bridgehead atoms. The van der Waals surface area contributed by atoms with Crippen LogP contribution in [0, 0.1) is 0 Å². The summed E-state index contributed by atoms with van der Waals surface area (Å²) in [5, 5.41) is 3.12. The van der Waals surface area contributed by atoms with E-state index in [9.17, 15) is 13.2 Å². The van der Waals surface area contributed by atoms with Crippen LogP contribution in [0.5, 0.6) is 0 Å². The molecule has 2 heterocycles. The van der Waals surface area contributed by atoms with Gasteiger partial charge in [0.05, 0.1) is 18.1 Å². The molecule has 0 spiro atoms. The zero-order valence-corrected chi connectivity index (χ0v) is 14.9. The second kappa shape index (κ2) is 8.26. The number of ether oxygens (including phenoxy) is 1. The Kier molecular flexibility index (Phi) is 6.59. The Balaban J connectivity index is 0.00000208. The predicted molar refractivity (Wildman–Crippen MR) is 92.0 cm³/mol. The minimum absolute atomic E-state index is 0. The lowest BCUT2D eigenvalue weighted by Crippen LogP contribution is -2.40. The van der Waals surface area contributed by atoms with Crippen LogP contribution >= 0.6 is 12.4 Å². The van der Waals surface area contributed by atoms with Gasteiger partial charge in [-0.2, -0.15) is 0 Å². The molecule has 0 radical (unpaired) electrons. The number of carbonyl (C=O) groups is 1. The summed E-state index contributed by atoms with van der Waals surface area (Å²) in [4.78, 5) is 14.2. The standard InChI is InChI=1S/C15H21N3O4S.ClH/c19-15(18-7-9-22-10-8-18)12-1-3-14(4-2-12)23(20,21)17-13-5-6-16-11-13;/h1-4,13,16-17H,5-11H2;1H. The first-order valence-corrected chi connectivity index (χ1v) is 9.25. The van der Waals surface area contributed by atoms with Gasteiger partial charge in [0.1, 0.15) is 0 Å². The average Bonchev–Trinajstić information content (AvgIpc) is 3.07. The van der Waals surface area contributed by atoms with E-state index < -0.39 is 10.0 Å². The number of amides is 1. The van der Waals surface area contributed by atoms with Gasteiger partial charge in [-0.3, -0.25) is 4.79 Å². The van der Waals surface area contributed by atoms with E-state index in [4.69, 9.17) is 4.74 Å². The van der Waals surface area contributed by atoms with Crippen LogP contribution in [0.15, 0.2) is 29.2 Å². The van der Waals surface area contributed by atoms with Crippen LogP contribution in [0.1, 0.15) is 16.8 Å². The van der Waals surface area contributed by atoms with Gasteiger partial charge in [-0.05, 0) is 37.2 Å². The molecular formula is C15H22ClN3O4S. The number of carbonyl (C=O) groups excluding carboxylic acids is 1. The third-order valence-electron chi connectivity index (χ3n) is 4.09. The molecule has 1 aromatic rings. The fourth-order valence-corrected chi connectivity index (χ4v) is 4.04. The highest BCUT2D eigenvalue weighted by Gasteiger charge is 2.23. The van der Waals surface area contributed by atoms with Crippen molar-refractivity contribution < 1.29 is 17.9 Å². The van der Waals surface area contributed by atoms with Crippen LogP contribution < -0.4 is 10.0 Å². The lowest BCUT2D eigenvalue weighted by Gasteiger charge is -2.26. The van der Waals surface area contributed by atoms with Crippen LogP contribution in [-0.4, -0.2) is 64.7 Å². The maximum absolute atomic E-state index is 12.3. The first kappa shape index (κ1) is 19.1. The number of halogens is 1. The summed E-state index contributed by atoms with van der Waals surface area (Å²) in [7, 11) is -3.55. The van der Waals surface area contributed by atoms with Gasteiger partial charge < -0.3 is 15.0 Å². The van der Waals surface area contributed by atoms with Crippen LogP contribution in [0.3, 0.4) is 0 Å². The summed E-state index contributed by atoms with van der Waals surface area (Å²) in [6.45, 7) is 3.67. The Hall–Kier alpha value is -1.19. The average molecular weight is 376 g/mol. The summed E-state index contributed by atoms with van der Waals surface area (Å²) < 4.78 is 32.5. The minimum Gasteiger partial charge on any atom is -0.378 e. The van der Waals surface area contributed by atoms with Crippen molar-refractivity contribution in [2.24, 2.45) is 0 Å². The maximum atomic E-state index is 12.3. The summed E-state index contributed by atoms with van der Waals surface area (Å²) in [6.07, 6.45) is 0.785. The Bertz CT molecular complexity index is 654. The predicted octanol–water partition coefficient (Wildman–Crippen LogP) is 0.221. The van der Waals surface area contributed by atoms with Gasteiger partial charge in [0.2, 0.25) is 10.0 Å². The summed E-state index contributed by atoms with van der Waals surface area (Å²) >= 11 is 0. The minimum atomic E-state index is -3.55. The van der Waals surface area contributed by atoms with Gasteiger partial charge >= 0.3 is 0 Å². The van der Waals surface area contributed by atoms with Crippen molar-refractivity contribution in [1.29, 1.82) is 0 Å². The van der Waals surface area contributed by atoms with Gasteiger partial charge in [0.15, 0.2) is 0 Å². The monoisotopic (exact) mass is 375 g/mol. The van der Waals surface area contributed by atoms with Crippen LogP contribution in [0.4, 0.5) is 0 Å². The van der Waals surface area contributed by atoms with E-state index in [2.05, 4.69) is 10.0 Å². The van der Waals surface area contributed by atoms with Crippen molar-refractivity contribution in [1.82, 2.24) is 14.9 Å². The second-order valence-corrected chi connectivity index (χ2v) is 7.45. The lowest BCUT2D eigenvalue weighted by atomic mass is 10.2. The molecule has 9 heteroatoms. The third-order valence-corrected chi connectivity index (χ3v) is 5.63. The van der Waals surface area contributed by atoms with Crippen molar-refractivity contribution in [2.45, 2.75) is 17.4 Å². The van der Waals surface area contributed by atoms with Crippen molar-refractivity contribution in [2.75, 3.05) is 39.4 Å². The molecule has 3 rings (SSSR count). The third kappa shape index (κ3) is 4.46. The Morgan fingerprint density at radius 3 is 2.46 bits per heavy atom. The van der Waals surface area contributed by atoms with Crippen LogP contribution in [0.2, 0.25) is 0 Å². The molecule has 2 fully saturated rings. The molecular weight excluding hydrogens is 354 g/mol. The van der Waals surface area contributed by atoms with E-state index >= 15 is 0 Å². The highest BCUT2D eigenvalue weighted by atomic mass is 35.5. The normalized spacial score (nSPS) is 21.3. The lowest BCUT2D eigenvalue weighted by molar-refractivity contribution is 0.0303. The second-order valence-electron chi connectivity index (χ2n) is 5.74. The van der Waals surface area contributed by atoms with E-state index in [0.29, 0.717) is 38.4 Å². The van der Waals surface area contributed by atoms with Crippen molar-refractivity contribution >= 4 is 28.3 Å². The van der Waals surface area contributed by atoms with Crippen molar-refractivity contribution in [3.05, 3.63) is 29.8 Å². The summed E-state index contributed by atoms with van der Waals surface area (Å²) in [6, 6.07) is 6.03. The largest absolute Gasteiger partial charge is 0.378 e. The number of sulfonamides is 1. The zero-order valence-electron chi connectivity index (χ0n) is 13.2. The highest BCUT2D eigenvalue weighted by molar-refractivity contribution is 7.89. The van der Waals surface area contributed by atoms with Gasteiger partial charge in [0.25, 0.3) is 5.91 Å². The highest BCUT2D eigenvalue weighted by Crippen LogP contribution is 2.14. The SMILES string of the molecule is Cl.O=C(c1ccc(S(=O)(=O)NC2CCNC2)cc1)N1CCOCC1. The molecule has 2 N–H and O–H groups in total. The molecule has 1 amide bonds. The number of nitrogens with one attached hydrogen (secondary N) is 2. The van der Waals surface area contributed by atoms with Crippen LogP contribution in [0.25, 0.3) is 0 Å². The van der Waals surface area contributed by atoms with Crippen LogP contribution in [-0.2, 0) is 14.8 Å². The molecule has 134 valence electrons. The number of hydrogen-bond donors (Lipinski definition) is 2. The number of nitrogens with zero attached hydrogens (tertiary/aromatic N) is 1. The molecule has 7 nitrogen and oxygen atoms in total. The molecule has 1 unspecified atom stereocenters. The van der Waals surface area contributed by atoms with E-state index in [1.165, 1.54) is 12.1 Å². The molecule has 1 aromatic carbocycles. The first-order chi connectivity index (χ1) is 11.1. The van der Waals surface area contributed by atoms with E-state index in [-0.39, 0.29) is 29.3 Å². The van der Waals surface area contributed by atoms with E-state index in [0.717, 1.165) is 13.0 Å². The topological polar surface area (TPSA) is 87.7 Å². The number of rotatable bonds is 4. The molecule has 0 aromatic heterocycles. The summed E-state index contributed by atoms with van der Waals surface area (Å²) in [5.41, 5.74) is 0.494. The number of benzene rings is 1. The molecule has 2 aliphatic rings. The fraction of sp³-hybridized carbons (Fsp3) is 0.533. The van der Waals surface area contributed by atoms with Crippen molar-refractivity contribution in [3.63, 3.8) is 0 Å². The summed E-state index contributed by atoms with van der Waals surface area (Å²) in [5.74, 6) is -0.0924. The molecule has 1 atom stereocenters. The van der Waals surface area contributed by atoms with E-state index in [1.807, 2.05) is 0 Å². The molecule has 0 aliphatic carbocycles. The Morgan fingerprint density at radius 2 is 1.88 bits per heavy atom. The Labute approximate surface area is 148 Å². The first-order valence-electron chi connectivity index (χ1n) is 7.76. The molecule has 2 aliphatic heterocycles. The van der Waals surface area contributed by atoms with Gasteiger partial charge in [-0.15, -0.1) is 12.4 Å². The maximum Gasteiger partial charge on any atom is 0.254 e. The number of hydrogen-bond acceptors (Lipinski definition) is 5. The smallest absolute Gasteiger partial charge is 0.254 e. The van der Waals surface area contributed by atoms with Gasteiger partial charge in [-0.25, -0.2) is 13.1 Å². The molecule has 24 heavy (non-hydrogen) atoms. The number of morpholine rings is 1. The molecule has 2 saturated heterocycles. The van der Waals surface area contributed by atoms with Gasteiger partial charge in [-0.1, -0.05) is 0 Å². The van der Waals surface area contributed by atoms with E-state index in [1.54, 1.807) is 17.0 Å². The zero-order chi connectivity index (χ0) is 16.3. The van der Waals surface area contributed by atoms with Gasteiger partial charge in [0, 0.05) is 31.2 Å². The molecule has 0 saturated carbocycles. The fourth-order valence-electron chi connectivity index (χ4n) is 2.77. The quantitative estimate of drug-likeness (QED) is 0.786. The Morgan fingerprint density at radius 1 is 1.21 bits per heavy atom.